The zero-order valence-electron chi connectivity index (χ0n) is 12.4. The molecule has 1 aromatic rings. The lowest BCUT2D eigenvalue weighted by Crippen LogP contribution is -2.43. The number of carboxylic acids is 1. The van der Waals surface area contributed by atoms with Crippen LogP contribution in [0.2, 0.25) is 0 Å². The summed E-state index contributed by atoms with van der Waals surface area (Å²) in [5.41, 5.74) is 0.936. The fourth-order valence-corrected chi connectivity index (χ4v) is 4.99. The first-order valence-electron chi connectivity index (χ1n) is 8.22. The Morgan fingerprint density at radius 1 is 1.14 bits per heavy atom. The number of carbonyl (C=O) groups is 2. The first-order valence-corrected chi connectivity index (χ1v) is 8.22. The molecule has 3 aliphatic rings. The average Bonchev–Trinajstić information content (AvgIpc) is 2.96. The molecule has 4 heteroatoms. The summed E-state index contributed by atoms with van der Waals surface area (Å²) >= 11 is 0. The predicted molar refractivity (Wildman–Crippen MR) is 81.0 cm³/mol. The van der Waals surface area contributed by atoms with E-state index < -0.39 is 12.0 Å². The molecule has 3 fully saturated rings. The zero-order valence-corrected chi connectivity index (χ0v) is 12.4. The molecule has 0 aromatic heterocycles. The van der Waals surface area contributed by atoms with Gasteiger partial charge in [-0.05, 0) is 48.5 Å². The quantitative estimate of drug-likeness (QED) is 0.875. The molecule has 2 bridgehead atoms. The van der Waals surface area contributed by atoms with E-state index in [-0.39, 0.29) is 11.8 Å². The van der Waals surface area contributed by atoms with Crippen LogP contribution < -0.4 is 5.32 Å². The summed E-state index contributed by atoms with van der Waals surface area (Å²) in [5.74, 6) is 1.64. The van der Waals surface area contributed by atoms with Crippen LogP contribution in [0.5, 0.6) is 0 Å². The van der Waals surface area contributed by atoms with Crippen LogP contribution in [0.4, 0.5) is 0 Å². The summed E-state index contributed by atoms with van der Waals surface area (Å²) in [4.78, 5) is 23.9. The van der Waals surface area contributed by atoms with Gasteiger partial charge in [-0.15, -0.1) is 0 Å². The van der Waals surface area contributed by atoms with Crippen LogP contribution in [-0.2, 0) is 16.0 Å². The highest BCUT2D eigenvalue weighted by Gasteiger charge is 2.67. The fraction of sp³-hybridized carbons (Fsp3) is 0.556. The second-order valence-corrected chi connectivity index (χ2v) is 7.10. The zero-order chi connectivity index (χ0) is 15.3. The SMILES string of the molecule is O=C(N[C@@H](Cc1ccccc1)C(=O)O)C1C2C3CCC(C3)C12. The molecule has 4 unspecified atom stereocenters. The summed E-state index contributed by atoms with van der Waals surface area (Å²) in [6.45, 7) is 0. The van der Waals surface area contributed by atoms with Crippen molar-refractivity contribution in [2.45, 2.75) is 31.7 Å². The Labute approximate surface area is 129 Å². The van der Waals surface area contributed by atoms with Crippen LogP contribution in [0.1, 0.15) is 24.8 Å². The molecule has 0 aliphatic heterocycles. The highest BCUT2D eigenvalue weighted by Crippen LogP contribution is 2.69. The lowest BCUT2D eigenvalue weighted by Gasteiger charge is -2.16. The minimum absolute atomic E-state index is 0.0325. The van der Waals surface area contributed by atoms with Gasteiger partial charge in [-0.2, -0.15) is 0 Å². The number of rotatable bonds is 5. The van der Waals surface area contributed by atoms with Crippen LogP contribution >= 0.6 is 0 Å². The molecule has 4 nitrogen and oxygen atoms in total. The minimum Gasteiger partial charge on any atom is -0.480 e. The summed E-state index contributed by atoms with van der Waals surface area (Å²) in [5, 5.41) is 12.2. The third kappa shape index (κ3) is 2.21. The molecule has 22 heavy (non-hydrogen) atoms. The number of fused-ring (bicyclic) bond motifs is 5. The van der Waals surface area contributed by atoms with Gasteiger partial charge in [0.2, 0.25) is 5.91 Å². The fourth-order valence-electron chi connectivity index (χ4n) is 4.99. The third-order valence-corrected chi connectivity index (χ3v) is 5.94. The molecule has 116 valence electrons. The van der Waals surface area contributed by atoms with Crippen LogP contribution in [0.25, 0.3) is 0 Å². The molecule has 1 aromatic carbocycles. The Morgan fingerprint density at radius 2 is 1.77 bits per heavy atom. The van der Waals surface area contributed by atoms with Gasteiger partial charge in [0.15, 0.2) is 0 Å². The monoisotopic (exact) mass is 299 g/mol. The number of aliphatic carboxylic acids is 1. The van der Waals surface area contributed by atoms with Crippen molar-refractivity contribution in [2.24, 2.45) is 29.6 Å². The van der Waals surface area contributed by atoms with E-state index in [1.54, 1.807) is 0 Å². The van der Waals surface area contributed by atoms with Crippen molar-refractivity contribution >= 4 is 11.9 Å². The number of amides is 1. The molecule has 0 heterocycles. The highest BCUT2D eigenvalue weighted by molar-refractivity contribution is 5.87. The van der Waals surface area contributed by atoms with Gasteiger partial charge >= 0.3 is 5.97 Å². The van der Waals surface area contributed by atoms with E-state index in [2.05, 4.69) is 5.32 Å². The molecule has 0 spiro atoms. The van der Waals surface area contributed by atoms with Crippen molar-refractivity contribution in [3.8, 4) is 0 Å². The Bertz CT molecular complexity index is 584. The first kappa shape index (κ1) is 13.8. The lowest BCUT2D eigenvalue weighted by molar-refractivity contribution is -0.142. The van der Waals surface area contributed by atoms with Gasteiger partial charge in [0, 0.05) is 12.3 Å². The standard InChI is InChI=1S/C18H21NO3/c20-17(16-14-11-6-7-12(9-11)15(14)16)19-13(18(21)22)8-10-4-2-1-3-5-10/h1-5,11-16H,6-9H2,(H,19,20)(H,21,22)/t11?,12?,13-,14?,15?,16?/m0/s1. The van der Waals surface area contributed by atoms with Crippen molar-refractivity contribution in [1.82, 2.24) is 5.32 Å². The Morgan fingerprint density at radius 3 is 2.36 bits per heavy atom. The molecular formula is C18H21NO3. The van der Waals surface area contributed by atoms with E-state index in [0.29, 0.717) is 18.3 Å². The number of nitrogens with one attached hydrogen (secondary N) is 1. The van der Waals surface area contributed by atoms with Crippen LogP contribution in [-0.4, -0.2) is 23.0 Å². The summed E-state index contributed by atoms with van der Waals surface area (Å²) < 4.78 is 0. The van der Waals surface area contributed by atoms with Crippen molar-refractivity contribution in [3.05, 3.63) is 35.9 Å². The topological polar surface area (TPSA) is 66.4 Å². The van der Waals surface area contributed by atoms with Crippen molar-refractivity contribution in [2.75, 3.05) is 0 Å². The van der Waals surface area contributed by atoms with Gasteiger partial charge in [-0.25, -0.2) is 4.79 Å². The van der Waals surface area contributed by atoms with Crippen LogP contribution in [0, 0.1) is 29.6 Å². The minimum atomic E-state index is -0.953. The number of carbonyl (C=O) groups excluding carboxylic acids is 1. The summed E-state index contributed by atoms with van der Waals surface area (Å²) in [6.07, 6.45) is 4.17. The normalized spacial score (nSPS) is 35.7. The highest BCUT2D eigenvalue weighted by atomic mass is 16.4. The van der Waals surface area contributed by atoms with Crippen LogP contribution in [0.15, 0.2) is 30.3 Å². The maximum Gasteiger partial charge on any atom is 0.326 e. The second kappa shape index (κ2) is 5.11. The Kier molecular flexibility index (Phi) is 3.21. The van der Waals surface area contributed by atoms with Crippen molar-refractivity contribution in [3.63, 3.8) is 0 Å². The molecule has 3 saturated carbocycles. The molecule has 4 rings (SSSR count). The van der Waals surface area contributed by atoms with E-state index in [0.717, 1.165) is 17.4 Å². The summed E-state index contributed by atoms with van der Waals surface area (Å²) in [6, 6.07) is 8.65. The maximum atomic E-state index is 12.5. The van der Waals surface area contributed by atoms with E-state index in [9.17, 15) is 14.7 Å². The lowest BCUT2D eigenvalue weighted by atomic mass is 10.0. The molecule has 3 aliphatic carbocycles. The summed E-state index contributed by atoms with van der Waals surface area (Å²) in [7, 11) is 0. The number of hydrogen-bond donors (Lipinski definition) is 2. The van der Waals surface area contributed by atoms with E-state index in [4.69, 9.17) is 0 Å². The molecule has 0 radical (unpaired) electrons. The Hall–Kier alpha value is -1.84. The largest absolute Gasteiger partial charge is 0.480 e. The van der Waals surface area contributed by atoms with Crippen LogP contribution in [0.3, 0.4) is 0 Å². The Balaban J connectivity index is 1.40. The number of carboxylic acid groups (broad SMARTS) is 1. The molecule has 2 N–H and O–H groups in total. The number of benzene rings is 1. The second-order valence-electron chi connectivity index (χ2n) is 7.10. The van der Waals surface area contributed by atoms with E-state index >= 15 is 0 Å². The molecule has 0 saturated heterocycles. The van der Waals surface area contributed by atoms with Crippen molar-refractivity contribution < 1.29 is 14.7 Å². The van der Waals surface area contributed by atoms with Gasteiger partial charge in [0.25, 0.3) is 0 Å². The third-order valence-electron chi connectivity index (χ3n) is 5.94. The van der Waals surface area contributed by atoms with Gasteiger partial charge < -0.3 is 10.4 Å². The molecule has 1 amide bonds. The number of hydrogen-bond acceptors (Lipinski definition) is 2. The van der Waals surface area contributed by atoms with Gasteiger partial charge in [-0.3, -0.25) is 4.79 Å². The van der Waals surface area contributed by atoms with Gasteiger partial charge in [0.05, 0.1) is 0 Å². The van der Waals surface area contributed by atoms with E-state index in [1.807, 2.05) is 30.3 Å². The first-order chi connectivity index (χ1) is 10.6. The smallest absolute Gasteiger partial charge is 0.326 e. The van der Waals surface area contributed by atoms with Gasteiger partial charge in [0.1, 0.15) is 6.04 Å². The molecular weight excluding hydrogens is 278 g/mol. The maximum absolute atomic E-state index is 12.5. The van der Waals surface area contributed by atoms with E-state index in [1.165, 1.54) is 19.3 Å². The van der Waals surface area contributed by atoms with Gasteiger partial charge in [-0.1, -0.05) is 30.3 Å². The molecule has 5 atom stereocenters. The average molecular weight is 299 g/mol. The van der Waals surface area contributed by atoms with Crippen molar-refractivity contribution in [1.29, 1.82) is 0 Å². The predicted octanol–water partition coefficient (Wildman–Crippen LogP) is 2.09.